The molecule has 0 aliphatic carbocycles. The smallest absolute Gasteiger partial charge is 0.191 e. The molecule has 1 aromatic carbocycles. The van der Waals surface area contributed by atoms with Crippen molar-refractivity contribution in [2.75, 3.05) is 13.1 Å². The largest absolute Gasteiger partial charge is 0.384 e. The van der Waals surface area contributed by atoms with Gasteiger partial charge in [-0.1, -0.05) is 37.3 Å². The summed E-state index contributed by atoms with van der Waals surface area (Å²) in [6.07, 6.45) is 2.91. The molecule has 0 aliphatic rings. The summed E-state index contributed by atoms with van der Waals surface area (Å²) >= 11 is 1.69. The summed E-state index contributed by atoms with van der Waals surface area (Å²) < 4.78 is 0. The molecule has 0 radical (unpaired) electrons. The van der Waals surface area contributed by atoms with E-state index in [1.54, 1.807) is 18.3 Å². The third-order valence-corrected chi connectivity index (χ3v) is 4.79. The van der Waals surface area contributed by atoms with Gasteiger partial charge in [0.1, 0.15) is 10.6 Å². The Bertz CT molecular complexity index is 652. The van der Waals surface area contributed by atoms with Crippen molar-refractivity contribution in [1.82, 2.24) is 15.6 Å². The van der Waals surface area contributed by atoms with Crippen LogP contribution in [0, 0.1) is 0 Å². The number of hydrogen-bond acceptors (Lipinski definition) is 4. The first-order chi connectivity index (χ1) is 11.5. The number of aliphatic hydroxyl groups is 1. The van der Waals surface area contributed by atoms with Crippen LogP contribution in [0.3, 0.4) is 0 Å². The van der Waals surface area contributed by atoms with E-state index in [0.717, 1.165) is 23.5 Å². The molecule has 2 aromatic rings. The third-order valence-electron chi connectivity index (χ3n) is 3.66. The summed E-state index contributed by atoms with van der Waals surface area (Å²) in [4.78, 5) is 10.2. The van der Waals surface area contributed by atoms with Crippen LogP contribution in [0.15, 0.2) is 41.5 Å². The van der Waals surface area contributed by atoms with Crippen molar-refractivity contribution in [2.45, 2.75) is 39.3 Å². The van der Waals surface area contributed by atoms with Crippen molar-refractivity contribution in [3.05, 3.63) is 52.0 Å². The Hall–Kier alpha value is -1.92. The molecular formula is C18H26N4OS. The van der Waals surface area contributed by atoms with Crippen molar-refractivity contribution in [3.63, 3.8) is 0 Å². The number of aliphatic imine (C=N–C) groups is 1. The first kappa shape index (κ1) is 18.4. The van der Waals surface area contributed by atoms with Gasteiger partial charge in [-0.15, -0.1) is 11.3 Å². The van der Waals surface area contributed by atoms with E-state index in [1.807, 2.05) is 43.5 Å². The van der Waals surface area contributed by atoms with Gasteiger partial charge in [-0.05, 0) is 25.8 Å². The molecule has 1 heterocycles. The molecule has 0 fully saturated rings. The first-order valence-electron chi connectivity index (χ1n) is 8.28. The van der Waals surface area contributed by atoms with Crippen LogP contribution in [0.4, 0.5) is 0 Å². The molecule has 0 aliphatic heterocycles. The molecule has 6 heteroatoms. The van der Waals surface area contributed by atoms with Crippen molar-refractivity contribution >= 4 is 17.3 Å². The van der Waals surface area contributed by atoms with E-state index >= 15 is 0 Å². The predicted octanol–water partition coefficient (Wildman–Crippen LogP) is 2.67. The Morgan fingerprint density at radius 1 is 1.25 bits per heavy atom. The molecule has 24 heavy (non-hydrogen) atoms. The summed E-state index contributed by atoms with van der Waals surface area (Å²) in [7, 11) is 0. The monoisotopic (exact) mass is 346 g/mol. The lowest BCUT2D eigenvalue weighted by Gasteiger charge is -2.25. The highest BCUT2D eigenvalue weighted by atomic mass is 32.1. The van der Waals surface area contributed by atoms with E-state index in [9.17, 15) is 5.11 Å². The molecule has 0 saturated carbocycles. The SMILES string of the molecule is CCNC(=NCc1ncc(CC)s1)NCC(C)(O)c1ccccc1. The topological polar surface area (TPSA) is 69.5 Å². The molecule has 2 rings (SSSR count). The Labute approximate surface area is 147 Å². The van der Waals surface area contributed by atoms with Crippen LogP contribution in [-0.4, -0.2) is 29.1 Å². The fourth-order valence-corrected chi connectivity index (χ4v) is 3.02. The molecule has 1 unspecified atom stereocenters. The number of nitrogens with one attached hydrogen (secondary N) is 2. The average Bonchev–Trinajstić information content (AvgIpc) is 3.06. The number of aryl methyl sites for hydroxylation is 1. The van der Waals surface area contributed by atoms with Gasteiger partial charge in [0, 0.05) is 17.6 Å². The number of aromatic nitrogens is 1. The van der Waals surface area contributed by atoms with Gasteiger partial charge in [0.25, 0.3) is 0 Å². The van der Waals surface area contributed by atoms with Crippen molar-refractivity contribution < 1.29 is 5.11 Å². The van der Waals surface area contributed by atoms with Crippen LogP contribution in [0.2, 0.25) is 0 Å². The molecule has 0 amide bonds. The summed E-state index contributed by atoms with van der Waals surface area (Å²) in [5.74, 6) is 0.682. The van der Waals surface area contributed by atoms with Gasteiger partial charge in [-0.2, -0.15) is 0 Å². The maximum absolute atomic E-state index is 10.7. The number of thiazole rings is 1. The fraction of sp³-hybridized carbons (Fsp3) is 0.444. The highest BCUT2D eigenvalue weighted by Crippen LogP contribution is 2.19. The summed E-state index contributed by atoms with van der Waals surface area (Å²) in [6, 6.07) is 9.64. The Kier molecular flexibility index (Phi) is 6.75. The van der Waals surface area contributed by atoms with Gasteiger partial charge in [0.15, 0.2) is 5.96 Å². The zero-order chi connectivity index (χ0) is 17.4. The van der Waals surface area contributed by atoms with Crippen LogP contribution in [0.5, 0.6) is 0 Å². The summed E-state index contributed by atoms with van der Waals surface area (Å²) in [6.45, 7) is 7.61. The van der Waals surface area contributed by atoms with E-state index < -0.39 is 5.60 Å². The zero-order valence-electron chi connectivity index (χ0n) is 14.5. The Morgan fingerprint density at radius 2 is 2.00 bits per heavy atom. The van der Waals surface area contributed by atoms with Crippen LogP contribution >= 0.6 is 11.3 Å². The fourth-order valence-electron chi connectivity index (χ4n) is 2.23. The zero-order valence-corrected chi connectivity index (χ0v) is 15.4. The minimum Gasteiger partial charge on any atom is -0.384 e. The predicted molar refractivity (Wildman–Crippen MR) is 100 cm³/mol. The lowest BCUT2D eigenvalue weighted by molar-refractivity contribution is 0.0617. The van der Waals surface area contributed by atoms with Gasteiger partial charge in [-0.25, -0.2) is 9.98 Å². The Balaban J connectivity index is 1.98. The second-order valence-corrected chi connectivity index (χ2v) is 6.96. The van der Waals surface area contributed by atoms with Gasteiger partial charge >= 0.3 is 0 Å². The summed E-state index contributed by atoms with van der Waals surface area (Å²) in [5, 5.41) is 18.1. The Morgan fingerprint density at radius 3 is 2.62 bits per heavy atom. The second kappa shape index (κ2) is 8.80. The normalized spacial score (nSPS) is 14.2. The second-order valence-electron chi connectivity index (χ2n) is 5.76. The molecule has 0 bridgehead atoms. The lowest BCUT2D eigenvalue weighted by atomic mass is 9.96. The lowest BCUT2D eigenvalue weighted by Crippen LogP contribution is -2.44. The highest BCUT2D eigenvalue weighted by molar-refractivity contribution is 7.11. The van der Waals surface area contributed by atoms with Crippen molar-refractivity contribution in [1.29, 1.82) is 0 Å². The third kappa shape index (κ3) is 5.32. The van der Waals surface area contributed by atoms with Gasteiger partial charge in [0.2, 0.25) is 0 Å². The molecular weight excluding hydrogens is 320 g/mol. The van der Waals surface area contributed by atoms with E-state index in [4.69, 9.17) is 0 Å². The quantitative estimate of drug-likeness (QED) is 0.532. The first-order valence-corrected chi connectivity index (χ1v) is 9.10. The molecule has 3 N–H and O–H groups in total. The van der Waals surface area contributed by atoms with E-state index in [2.05, 4.69) is 27.5 Å². The molecule has 0 spiro atoms. The maximum Gasteiger partial charge on any atom is 0.191 e. The average molecular weight is 346 g/mol. The van der Waals surface area contributed by atoms with Crippen molar-refractivity contribution in [2.24, 2.45) is 4.99 Å². The minimum absolute atomic E-state index is 0.376. The molecule has 0 saturated heterocycles. The molecule has 1 aromatic heterocycles. The van der Waals surface area contributed by atoms with Gasteiger partial charge in [0.05, 0.1) is 13.1 Å². The van der Waals surface area contributed by atoms with Crippen LogP contribution in [-0.2, 0) is 18.6 Å². The minimum atomic E-state index is -0.964. The number of guanidine groups is 1. The van der Waals surface area contributed by atoms with Crippen LogP contribution in [0.1, 0.15) is 36.2 Å². The molecule has 130 valence electrons. The van der Waals surface area contributed by atoms with E-state index in [1.165, 1.54) is 4.88 Å². The number of benzene rings is 1. The highest BCUT2D eigenvalue weighted by Gasteiger charge is 2.22. The maximum atomic E-state index is 10.7. The van der Waals surface area contributed by atoms with Crippen LogP contribution in [0.25, 0.3) is 0 Å². The number of hydrogen-bond donors (Lipinski definition) is 3. The molecule has 5 nitrogen and oxygen atoms in total. The van der Waals surface area contributed by atoms with Crippen LogP contribution < -0.4 is 10.6 Å². The number of nitrogens with zero attached hydrogens (tertiary/aromatic N) is 2. The van der Waals surface area contributed by atoms with Gasteiger partial charge in [-0.3, -0.25) is 0 Å². The summed E-state index contributed by atoms with van der Waals surface area (Å²) in [5.41, 5.74) is -0.0885. The van der Waals surface area contributed by atoms with Gasteiger partial charge < -0.3 is 15.7 Å². The van der Waals surface area contributed by atoms with Crippen molar-refractivity contribution in [3.8, 4) is 0 Å². The molecule has 1 atom stereocenters. The number of rotatable bonds is 7. The van der Waals surface area contributed by atoms with E-state index in [0.29, 0.717) is 19.0 Å². The standard InChI is InChI=1S/C18H26N4OS/c1-4-15-11-20-16(24-15)12-21-17(19-5-2)22-13-18(3,23)14-9-7-6-8-10-14/h6-11,23H,4-5,12-13H2,1-3H3,(H2,19,21,22). The van der Waals surface area contributed by atoms with E-state index in [-0.39, 0.29) is 0 Å².